The molecule has 2 aromatic carbocycles. The predicted octanol–water partition coefficient (Wildman–Crippen LogP) is 0.858. The van der Waals surface area contributed by atoms with Crippen molar-refractivity contribution in [3.63, 3.8) is 0 Å². The van der Waals surface area contributed by atoms with E-state index in [0.29, 0.717) is 0 Å². The van der Waals surface area contributed by atoms with Crippen LogP contribution in [-0.4, -0.2) is 56.2 Å². The fourth-order valence-electron chi connectivity index (χ4n) is 3.75. The number of aliphatic hydroxyl groups excluding tert-OH is 4. The molecule has 3 rings (SSSR count). The average Bonchev–Trinajstić information content (AvgIpc) is 2.76. The number of nitrogens with two attached hydrogens (primary N) is 1. The van der Waals surface area contributed by atoms with Crippen molar-refractivity contribution in [1.29, 1.82) is 0 Å². The van der Waals surface area contributed by atoms with Crippen molar-refractivity contribution in [2.45, 2.75) is 30.4 Å². The number of pyridine rings is 1. The summed E-state index contributed by atoms with van der Waals surface area (Å²) in [5.41, 5.74) is 2.22. The highest BCUT2D eigenvalue weighted by molar-refractivity contribution is 5.91. The van der Waals surface area contributed by atoms with E-state index in [1.165, 1.54) is 24.3 Å². The number of hydrogen-bond acceptors (Lipinski definition) is 6. The molecule has 0 aliphatic carbocycles. The molecule has 1 aromatic heterocycles. The first kappa shape index (κ1) is 24.4. The Balaban J connectivity index is 2.23. The zero-order chi connectivity index (χ0) is 24.5. The van der Waals surface area contributed by atoms with Gasteiger partial charge in [0.25, 0.3) is 5.56 Å². The number of fused-ring (bicyclic) bond motifs is 1. The number of amides is 1. The number of halogens is 3. The summed E-state index contributed by atoms with van der Waals surface area (Å²) in [6.45, 7) is -0.925. The molecule has 1 heterocycles. The molecule has 0 aliphatic heterocycles. The van der Waals surface area contributed by atoms with Crippen LogP contribution >= 0.6 is 0 Å². The Labute approximate surface area is 184 Å². The van der Waals surface area contributed by atoms with Crippen LogP contribution in [0.2, 0.25) is 0 Å². The van der Waals surface area contributed by atoms with Crippen molar-refractivity contribution in [1.82, 2.24) is 4.98 Å². The van der Waals surface area contributed by atoms with Gasteiger partial charge >= 0.3 is 6.18 Å². The van der Waals surface area contributed by atoms with Crippen LogP contribution in [-0.2, 0) is 11.0 Å². The predicted molar refractivity (Wildman–Crippen MR) is 112 cm³/mol. The van der Waals surface area contributed by atoms with Gasteiger partial charge in [-0.1, -0.05) is 42.5 Å². The maximum absolute atomic E-state index is 14.0. The molecule has 33 heavy (non-hydrogen) atoms. The molecule has 0 saturated heterocycles. The largest absolute Gasteiger partial charge is 0.417 e. The first-order chi connectivity index (χ1) is 15.5. The fraction of sp³-hybridized carbons (Fsp3) is 0.273. The number of H-pyrrole nitrogens is 1. The maximum Gasteiger partial charge on any atom is 0.417 e. The second-order valence-electron chi connectivity index (χ2n) is 7.48. The van der Waals surface area contributed by atoms with Gasteiger partial charge in [-0.2, -0.15) is 13.2 Å². The molecule has 0 fully saturated rings. The molecule has 7 N–H and O–H groups in total. The van der Waals surface area contributed by atoms with Crippen molar-refractivity contribution in [2.24, 2.45) is 5.73 Å². The molecular weight excluding hydrogens is 445 g/mol. The number of aromatic nitrogens is 1. The van der Waals surface area contributed by atoms with E-state index in [4.69, 9.17) is 10.8 Å². The van der Waals surface area contributed by atoms with Crippen LogP contribution in [0.3, 0.4) is 0 Å². The topological polar surface area (TPSA) is 157 Å². The summed E-state index contributed by atoms with van der Waals surface area (Å²) in [5, 5.41) is 38.5. The molecule has 3 aromatic rings. The lowest BCUT2D eigenvalue weighted by molar-refractivity contribution is -0.136. The first-order valence-electron chi connectivity index (χ1n) is 9.74. The van der Waals surface area contributed by atoms with Crippen molar-refractivity contribution in [3.8, 4) is 11.1 Å². The second kappa shape index (κ2) is 9.32. The van der Waals surface area contributed by atoms with E-state index in [0.717, 1.165) is 18.2 Å². The van der Waals surface area contributed by atoms with Crippen LogP contribution in [0.25, 0.3) is 22.0 Å². The average molecular weight is 466 g/mol. The summed E-state index contributed by atoms with van der Waals surface area (Å²) in [5.74, 6) is -2.80. The Morgan fingerprint density at radius 1 is 1.03 bits per heavy atom. The van der Waals surface area contributed by atoms with Crippen LogP contribution < -0.4 is 11.3 Å². The summed E-state index contributed by atoms with van der Waals surface area (Å²) in [6.07, 6.45) is -10.7. The minimum absolute atomic E-state index is 0.0589. The molecule has 0 bridgehead atoms. The van der Waals surface area contributed by atoms with Gasteiger partial charge in [-0.25, -0.2) is 0 Å². The summed E-state index contributed by atoms with van der Waals surface area (Å²) in [6, 6.07) is 10.5. The van der Waals surface area contributed by atoms with Gasteiger partial charge in [-0.3, -0.25) is 9.59 Å². The number of aromatic amines is 1. The van der Waals surface area contributed by atoms with E-state index in [2.05, 4.69) is 4.98 Å². The van der Waals surface area contributed by atoms with Gasteiger partial charge in [0.1, 0.15) is 12.2 Å². The number of alkyl halides is 3. The summed E-state index contributed by atoms with van der Waals surface area (Å²) in [7, 11) is 0. The van der Waals surface area contributed by atoms with Gasteiger partial charge in [-0.15, -0.1) is 0 Å². The van der Waals surface area contributed by atoms with Gasteiger partial charge in [-0.05, 0) is 17.2 Å². The number of carbonyl (C=O) groups is 1. The lowest BCUT2D eigenvalue weighted by Gasteiger charge is -2.27. The molecule has 0 spiro atoms. The Hall–Kier alpha value is -3.25. The van der Waals surface area contributed by atoms with Gasteiger partial charge in [0.2, 0.25) is 5.91 Å². The number of carbonyl (C=O) groups excluding carboxylic acids is 1. The molecule has 8 nitrogen and oxygen atoms in total. The van der Waals surface area contributed by atoms with Gasteiger partial charge in [0.15, 0.2) is 0 Å². The third-order valence-electron chi connectivity index (χ3n) is 5.32. The lowest BCUT2D eigenvalue weighted by Crippen LogP contribution is -2.46. The second-order valence-corrected chi connectivity index (χ2v) is 7.48. The van der Waals surface area contributed by atoms with Crippen molar-refractivity contribution >= 4 is 16.8 Å². The monoisotopic (exact) mass is 466 g/mol. The number of primary amides is 1. The molecule has 0 radical (unpaired) electrons. The summed E-state index contributed by atoms with van der Waals surface area (Å²) in [4.78, 5) is 27.0. The Morgan fingerprint density at radius 2 is 1.67 bits per heavy atom. The third-order valence-corrected chi connectivity index (χ3v) is 5.32. The summed E-state index contributed by atoms with van der Waals surface area (Å²) >= 11 is 0. The minimum atomic E-state index is -4.90. The van der Waals surface area contributed by atoms with E-state index >= 15 is 0 Å². The number of benzene rings is 2. The minimum Gasteiger partial charge on any atom is -0.394 e. The van der Waals surface area contributed by atoms with Crippen LogP contribution in [0, 0.1) is 0 Å². The van der Waals surface area contributed by atoms with Crippen molar-refractivity contribution in [3.05, 3.63) is 70.0 Å². The molecular formula is C22H21F3N2O6. The van der Waals surface area contributed by atoms with Crippen LogP contribution in [0.5, 0.6) is 0 Å². The molecule has 4 atom stereocenters. The van der Waals surface area contributed by atoms with Crippen LogP contribution in [0.15, 0.2) is 53.3 Å². The number of nitrogens with one attached hydrogen (secondary N) is 1. The number of hydrogen-bond donors (Lipinski definition) is 6. The Morgan fingerprint density at radius 3 is 2.21 bits per heavy atom. The zero-order valence-electron chi connectivity index (χ0n) is 17.0. The van der Waals surface area contributed by atoms with E-state index in [1.807, 2.05) is 0 Å². The van der Waals surface area contributed by atoms with Gasteiger partial charge in [0.05, 0.1) is 29.8 Å². The van der Waals surface area contributed by atoms with E-state index in [-0.39, 0.29) is 22.0 Å². The molecule has 0 saturated carbocycles. The van der Waals surface area contributed by atoms with Gasteiger partial charge in [0, 0.05) is 10.9 Å². The first-order valence-corrected chi connectivity index (χ1v) is 9.74. The molecule has 176 valence electrons. The standard InChI is InChI=1S/C22H21F3N2O6/c23-22(24,25)17-12-7-6-11(16(20(26)32)19(31)18(30)14(29)9-28)8-13(12)27-21(33)15(17)10-4-2-1-3-5-10/h1-8,14,16,18-19,28-31H,9H2,(H2,26,32)(H,27,33)/t14-,16-,18-,19-/m1/s1. The maximum atomic E-state index is 14.0. The Bertz CT molecular complexity index is 1210. The smallest absolute Gasteiger partial charge is 0.394 e. The van der Waals surface area contributed by atoms with Gasteiger partial charge < -0.3 is 31.1 Å². The van der Waals surface area contributed by atoms with E-state index < -0.39 is 59.6 Å². The highest BCUT2D eigenvalue weighted by Gasteiger charge is 2.39. The highest BCUT2D eigenvalue weighted by atomic mass is 19.4. The highest BCUT2D eigenvalue weighted by Crippen LogP contribution is 2.40. The molecule has 0 unspecified atom stereocenters. The summed E-state index contributed by atoms with van der Waals surface area (Å²) < 4.78 is 42.1. The Kier molecular flexibility index (Phi) is 6.89. The molecule has 0 aliphatic rings. The fourth-order valence-corrected chi connectivity index (χ4v) is 3.75. The molecule has 11 heteroatoms. The lowest BCUT2D eigenvalue weighted by atomic mass is 9.86. The number of aliphatic hydroxyl groups is 4. The third kappa shape index (κ3) is 4.76. The van der Waals surface area contributed by atoms with Crippen LogP contribution in [0.4, 0.5) is 13.2 Å². The quantitative estimate of drug-likeness (QED) is 0.303. The molecule has 1 amide bonds. The number of rotatable bonds is 7. The van der Waals surface area contributed by atoms with Crippen molar-refractivity contribution < 1.29 is 38.4 Å². The van der Waals surface area contributed by atoms with Crippen LogP contribution in [0.1, 0.15) is 17.0 Å². The van der Waals surface area contributed by atoms with E-state index in [9.17, 15) is 38.1 Å². The van der Waals surface area contributed by atoms with Crippen molar-refractivity contribution in [2.75, 3.05) is 6.61 Å². The SMILES string of the molecule is NC(=O)[C@H](c1ccc2c(C(F)(F)F)c(-c3ccccc3)c(=O)[nH]c2c1)[C@@H](O)[C@H](O)[C@H](O)CO. The normalized spacial score (nSPS) is 15.7. The van der Waals surface area contributed by atoms with E-state index in [1.54, 1.807) is 6.07 Å². The zero-order valence-corrected chi connectivity index (χ0v) is 17.0.